The molecule has 0 aliphatic carbocycles. The number of aliphatic carboxylic acids is 1. The van der Waals surface area contributed by atoms with Gasteiger partial charge in [0.25, 0.3) is 0 Å². The van der Waals surface area contributed by atoms with Gasteiger partial charge < -0.3 is 31.6 Å². The Bertz CT molecular complexity index is 568. The summed E-state index contributed by atoms with van der Waals surface area (Å²) in [5, 5.41) is 23.1. The van der Waals surface area contributed by atoms with Crippen LogP contribution >= 0.6 is 11.8 Å². The third-order valence-electron chi connectivity index (χ3n) is 3.37. The van der Waals surface area contributed by atoms with Crippen molar-refractivity contribution in [2.75, 3.05) is 18.6 Å². The maximum atomic E-state index is 12.4. The minimum Gasteiger partial charge on any atom is -0.480 e. The van der Waals surface area contributed by atoms with Crippen LogP contribution in [0.2, 0.25) is 0 Å². The molecule has 0 aromatic carbocycles. The van der Waals surface area contributed by atoms with Crippen molar-refractivity contribution < 1.29 is 24.6 Å². The normalized spacial score (nSPS) is 14.4. The second-order valence-electron chi connectivity index (χ2n) is 5.31. The van der Waals surface area contributed by atoms with E-state index in [0.29, 0.717) is 17.9 Å². The summed E-state index contributed by atoms with van der Waals surface area (Å²) in [7, 11) is 0. The van der Waals surface area contributed by atoms with Crippen LogP contribution in [0.15, 0.2) is 12.5 Å². The molecule has 0 aliphatic rings. The van der Waals surface area contributed by atoms with Crippen LogP contribution in [0.4, 0.5) is 0 Å². The fourth-order valence-electron chi connectivity index (χ4n) is 1.95. The summed E-state index contributed by atoms with van der Waals surface area (Å²) in [6.07, 6.45) is 5.05. The number of aromatic amines is 1. The van der Waals surface area contributed by atoms with Crippen molar-refractivity contribution in [1.29, 1.82) is 0 Å². The number of aliphatic hydroxyl groups excluding tert-OH is 1. The maximum Gasteiger partial charge on any atom is 0.326 e. The van der Waals surface area contributed by atoms with Crippen molar-refractivity contribution in [2.24, 2.45) is 5.73 Å². The number of thioether (sulfide) groups is 1. The minimum atomic E-state index is -1.20. The van der Waals surface area contributed by atoms with Gasteiger partial charge >= 0.3 is 5.97 Å². The van der Waals surface area contributed by atoms with Crippen LogP contribution in [0.3, 0.4) is 0 Å². The van der Waals surface area contributed by atoms with Crippen molar-refractivity contribution in [3.63, 3.8) is 0 Å². The van der Waals surface area contributed by atoms with Crippen LogP contribution in [0.5, 0.6) is 0 Å². The Morgan fingerprint density at radius 1 is 1.32 bits per heavy atom. The topological polar surface area (TPSA) is 170 Å². The molecular formula is C14H23N5O5S. The van der Waals surface area contributed by atoms with Gasteiger partial charge in [-0.2, -0.15) is 11.8 Å². The van der Waals surface area contributed by atoms with Crippen molar-refractivity contribution in [3.8, 4) is 0 Å². The molecule has 7 N–H and O–H groups in total. The second kappa shape index (κ2) is 10.7. The van der Waals surface area contributed by atoms with Crippen LogP contribution in [0.1, 0.15) is 12.1 Å². The first-order valence-electron chi connectivity index (χ1n) is 7.55. The molecule has 3 atom stereocenters. The predicted molar refractivity (Wildman–Crippen MR) is 91.8 cm³/mol. The number of imidazole rings is 1. The molecule has 2 amide bonds. The zero-order valence-electron chi connectivity index (χ0n) is 13.8. The predicted octanol–water partition coefficient (Wildman–Crippen LogP) is -1.92. The van der Waals surface area contributed by atoms with E-state index in [1.165, 1.54) is 24.3 Å². The maximum absolute atomic E-state index is 12.4. The van der Waals surface area contributed by atoms with Gasteiger partial charge in [0.05, 0.1) is 12.9 Å². The number of carbonyl (C=O) groups excluding carboxylic acids is 2. The number of amides is 2. The number of nitrogens with two attached hydrogens (primary N) is 1. The third kappa shape index (κ3) is 7.11. The first kappa shape index (κ1) is 20.9. The first-order chi connectivity index (χ1) is 11.9. The summed E-state index contributed by atoms with van der Waals surface area (Å²) >= 11 is 1.48. The largest absolute Gasteiger partial charge is 0.480 e. The van der Waals surface area contributed by atoms with Crippen molar-refractivity contribution in [1.82, 2.24) is 20.6 Å². The SMILES string of the molecule is CSCCC(NC(=O)C(N)CO)C(=O)NC(Cc1cnc[nH]1)C(=O)O. The molecule has 0 radical (unpaired) electrons. The number of hydrogen-bond donors (Lipinski definition) is 6. The number of carboxylic acids is 1. The molecule has 3 unspecified atom stereocenters. The molecular weight excluding hydrogens is 350 g/mol. The first-order valence-corrected chi connectivity index (χ1v) is 8.94. The van der Waals surface area contributed by atoms with Crippen molar-refractivity contribution >= 4 is 29.5 Å². The van der Waals surface area contributed by atoms with E-state index >= 15 is 0 Å². The molecule has 0 saturated heterocycles. The number of nitrogens with one attached hydrogen (secondary N) is 3. The van der Waals surface area contributed by atoms with Gasteiger partial charge in [0.15, 0.2) is 0 Å². The summed E-state index contributed by atoms with van der Waals surface area (Å²) in [6, 6.07) is -3.26. The minimum absolute atomic E-state index is 0.0282. The molecule has 140 valence electrons. The number of nitrogens with zero attached hydrogens (tertiary/aromatic N) is 1. The number of hydrogen-bond acceptors (Lipinski definition) is 7. The van der Waals surface area contributed by atoms with Gasteiger partial charge in [-0.05, 0) is 18.4 Å². The molecule has 1 aromatic rings. The fourth-order valence-corrected chi connectivity index (χ4v) is 2.43. The highest BCUT2D eigenvalue weighted by Gasteiger charge is 2.28. The molecule has 0 aliphatic heterocycles. The van der Waals surface area contributed by atoms with Crippen molar-refractivity contribution in [2.45, 2.75) is 31.0 Å². The molecule has 0 fully saturated rings. The third-order valence-corrected chi connectivity index (χ3v) is 4.01. The lowest BCUT2D eigenvalue weighted by Crippen LogP contribution is -2.55. The van der Waals surface area contributed by atoms with Crippen LogP contribution in [0, 0.1) is 0 Å². The highest BCUT2D eigenvalue weighted by Crippen LogP contribution is 2.04. The van der Waals surface area contributed by atoms with Crippen LogP contribution < -0.4 is 16.4 Å². The lowest BCUT2D eigenvalue weighted by Gasteiger charge is -2.22. The van der Waals surface area contributed by atoms with Gasteiger partial charge in [0.1, 0.15) is 18.1 Å². The molecule has 25 heavy (non-hydrogen) atoms. The van der Waals surface area contributed by atoms with E-state index in [9.17, 15) is 19.5 Å². The van der Waals surface area contributed by atoms with E-state index in [4.69, 9.17) is 10.8 Å². The Balaban J connectivity index is 2.76. The quantitative estimate of drug-likeness (QED) is 0.261. The summed E-state index contributed by atoms with van der Waals surface area (Å²) in [5.41, 5.74) is 5.98. The highest BCUT2D eigenvalue weighted by atomic mass is 32.2. The summed E-state index contributed by atoms with van der Waals surface area (Å²) in [4.78, 5) is 42.2. The lowest BCUT2D eigenvalue weighted by molar-refractivity contribution is -0.142. The monoisotopic (exact) mass is 373 g/mol. The Hall–Kier alpha value is -2.11. The van der Waals surface area contributed by atoms with Gasteiger partial charge in [-0.25, -0.2) is 9.78 Å². The van der Waals surface area contributed by atoms with Gasteiger partial charge in [-0.15, -0.1) is 0 Å². The highest BCUT2D eigenvalue weighted by molar-refractivity contribution is 7.98. The molecule has 1 aromatic heterocycles. The van der Waals surface area contributed by atoms with Crippen molar-refractivity contribution in [3.05, 3.63) is 18.2 Å². The Kier molecular flexibility index (Phi) is 8.95. The lowest BCUT2D eigenvalue weighted by atomic mass is 10.1. The number of carboxylic acid groups (broad SMARTS) is 1. The van der Waals surface area contributed by atoms with Crippen LogP contribution in [-0.2, 0) is 20.8 Å². The van der Waals surface area contributed by atoms with Crippen LogP contribution in [-0.4, -0.2) is 74.7 Å². The van der Waals surface area contributed by atoms with Gasteiger partial charge in [0, 0.05) is 18.3 Å². The molecule has 0 spiro atoms. The number of aromatic nitrogens is 2. The second-order valence-corrected chi connectivity index (χ2v) is 6.30. The van der Waals surface area contributed by atoms with Gasteiger partial charge in [-0.1, -0.05) is 0 Å². The zero-order valence-corrected chi connectivity index (χ0v) is 14.6. The number of carbonyl (C=O) groups is 3. The fraction of sp³-hybridized carbons (Fsp3) is 0.571. The van der Waals surface area contributed by atoms with Gasteiger partial charge in [0.2, 0.25) is 11.8 Å². The average molecular weight is 373 g/mol. The van der Waals surface area contributed by atoms with E-state index in [1.54, 1.807) is 0 Å². The number of H-pyrrole nitrogens is 1. The Morgan fingerprint density at radius 3 is 2.52 bits per heavy atom. The van der Waals surface area contributed by atoms with E-state index in [2.05, 4.69) is 20.6 Å². The average Bonchev–Trinajstić information content (AvgIpc) is 3.09. The molecule has 0 saturated carbocycles. The molecule has 10 nitrogen and oxygen atoms in total. The van der Waals surface area contributed by atoms with E-state index in [0.717, 1.165) is 0 Å². The van der Waals surface area contributed by atoms with E-state index in [-0.39, 0.29) is 6.42 Å². The molecule has 11 heteroatoms. The van der Waals surface area contributed by atoms with Gasteiger partial charge in [-0.3, -0.25) is 9.59 Å². The summed E-state index contributed by atoms with van der Waals surface area (Å²) < 4.78 is 0. The van der Waals surface area contributed by atoms with Crippen LogP contribution in [0.25, 0.3) is 0 Å². The number of rotatable bonds is 11. The summed E-state index contributed by atoms with van der Waals surface area (Å²) in [5.74, 6) is -1.93. The Labute approximate surface area is 149 Å². The summed E-state index contributed by atoms with van der Waals surface area (Å²) in [6.45, 7) is -0.555. The van der Waals surface area contributed by atoms with E-state index < -0.39 is 42.5 Å². The number of aliphatic hydroxyl groups is 1. The smallest absolute Gasteiger partial charge is 0.326 e. The molecule has 1 heterocycles. The van der Waals surface area contributed by atoms with E-state index in [1.807, 2.05) is 6.26 Å². The standard InChI is InChI=1S/C14H23N5O5S/c1-25-3-2-10(18-12(21)9(15)6-20)13(22)19-11(14(23)24)4-8-5-16-7-17-8/h5,7,9-11,20H,2-4,6,15H2,1H3,(H,16,17)(H,18,21)(H,19,22)(H,23,24). The zero-order chi connectivity index (χ0) is 18.8. The molecule has 1 rings (SSSR count). The molecule has 0 bridgehead atoms. The Morgan fingerprint density at radius 2 is 2.00 bits per heavy atom.